The van der Waals surface area contributed by atoms with E-state index in [0.717, 1.165) is 5.56 Å². The standard InChI is InChI=1S/C10H10N2S/c1-6-4-7-2-3-8(10(11)12)5-9(7)13-6/h2-5H,1H3,(H3,11,12). The Morgan fingerprint density at radius 1 is 1.38 bits per heavy atom. The number of fused-ring (bicyclic) bond motifs is 1. The molecule has 2 rings (SSSR count). The van der Waals surface area contributed by atoms with Gasteiger partial charge in [-0.2, -0.15) is 0 Å². The van der Waals surface area contributed by atoms with Crippen LogP contribution in [-0.2, 0) is 0 Å². The molecule has 2 aromatic rings. The number of benzene rings is 1. The first-order valence-electron chi connectivity index (χ1n) is 4.01. The van der Waals surface area contributed by atoms with Gasteiger partial charge in [-0.1, -0.05) is 12.1 Å². The summed E-state index contributed by atoms with van der Waals surface area (Å²) in [6.45, 7) is 2.08. The molecule has 1 aromatic heterocycles. The summed E-state index contributed by atoms with van der Waals surface area (Å²) in [6, 6.07) is 8.01. The summed E-state index contributed by atoms with van der Waals surface area (Å²) in [7, 11) is 0. The Morgan fingerprint density at radius 3 is 2.85 bits per heavy atom. The lowest BCUT2D eigenvalue weighted by Gasteiger charge is -1.96. The van der Waals surface area contributed by atoms with E-state index in [1.165, 1.54) is 15.0 Å². The fourth-order valence-corrected chi connectivity index (χ4v) is 2.29. The molecular formula is C10H10N2S. The maximum atomic E-state index is 7.30. The summed E-state index contributed by atoms with van der Waals surface area (Å²) in [6.07, 6.45) is 0. The molecule has 0 fully saturated rings. The third-order valence-electron chi connectivity index (χ3n) is 1.95. The van der Waals surface area contributed by atoms with E-state index in [4.69, 9.17) is 11.1 Å². The van der Waals surface area contributed by atoms with Crippen molar-refractivity contribution in [3.8, 4) is 0 Å². The molecule has 0 amide bonds. The SMILES string of the molecule is Cc1cc2ccc(C(=N)N)cc2s1. The van der Waals surface area contributed by atoms with Gasteiger partial charge < -0.3 is 5.73 Å². The summed E-state index contributed by atoms with van der Waals surface area (Å²) in [5, 5.41) is 8.53. The van der Waals surface area contributed by atoms with E-state index in [9.17, 15) is 0 Å². The Hall–Kier alpha value is -1.35. The van der Waals surface area contributed by atoms with Gasteiger partial charge in [-0.25, -0.2) is 0 Å². The molecule has 0 bridgehead atoms. The third kappa shape index (κ3) is 1.42. The third-order valence-corrected chi connectivity index (χ3v) is 2.97. The number of aryl methyl sites for hydroxylation is 1. The monoisotopic (exact) mass is 190 g/mol. The largest absolute Gasteiger partial charge is 0.384 e. The lowest BCUT2D eigenvalue weighted by molar-refractivity contribution is 1.43. The molecule has 0 unspecified atom stereocenters. The van der Waals surface area contributed by atoms with Gasteiger partial charge in [0.15, 0.2) is 0 Å². The number of nitrogens with one attached hydrogen (secondary N) is 1. The molecule has 0 saturated heterocycles. The molecule has 66 valence electrons. The number of rotatable bonds is 1. The quantitative estimate of drug-likeness (QED) is 0.527. The number of thiophene rings is 1. The van der Waals surface area contributed by atoms with Gasteiger partial charge in [0.2, 0.25) is 0 Å². The van der Waals surface area contributed by atoms with E-state index < -0.39 is 0 Å². The minimum atomic E-state index is 0.132. The molecule has 0 saturated carbocycles. The molecule has 0 radical (unpaired) electrons. The highest BCUT2D eigenvalue weighted by Crippen LogP contribution is 2.25. The minimum absolute atomic E-state index is 0.132. The van der Waals surface area contributed by atoms with Crippen molar-refractivity contribution >= 4 is 27.3 Å². The number of amidine groups is 1. The van der Waals surface area contributed by atoms with Gasteiger partial charge in [-0.05, 0) is 24.4 Å². The zero-order chi connectivity index (χ0) is 9.42. The Morgan fingerprint density at radius 2 is 2.15 bits per heavy atom. The Labute approximate surface area is 80.5 Å². The van der Waals surface area contributed by atoms with E-state index in [2.05, 4.69) is 13.0 Å². The molecule has 0 aliphatic heterocycles. The summed E-state index contributed by atoms with van der Waals surface area (Å²) < 4.78 is 1.20. The molecule has 0 atom stereocenters. The first kappa shape index (κ1) is 8.26. The summed E-state index contributed by atoms with van der Waals surface area (Å²) >= 11 is 1.73. The van der Waals surface area contributed by atoms with Crippen molar-refractivity contribution in [2.45, 2.75) is 6.92 Å². The van der Waals surface area contributed by atoms with E-state index in [1.54, 1.807) is 11.3 Å². The van der Waals surface area contributed by atoms with E-state index >= 15 is 0 Å². The predicted octanol–water partition coefficient (Wildman–Crippen LogP) is 2.49. The molecule has 0 spiro atoms. The number of hydrogen-bond donors (Lipinski definition) is 2. The molecule has 3 N–H and O–H groups in total. The van der Waals surface area contributed by atoms with Crippen molar-refractivity contribution in [2.24, 2.45) is 5.73 Å². The van der Waals surface area contributed by atoms with Gasteiger partial charge in [0.05, 0.1) is 0 Å². The normalized spacial score (nSPS) is 10.5. The van der Waals surface area contributed by atoms with E-state index in [-0.39, 0.29) is 5.84 Å². The molecule has 13 heavy (non-hydrogen) atoms. The van der Waals surface area contributed by atoms with Crippen LogP contribution in [0.2, 0.25) is 0 Å². The fourth-order valence-electron chi connectivity index (χ4n) is 1.33. The Kier molecular flexibility index (Phi) is 1.81. The topological polar surface area (TPSA) is 49.9 Å². The van der Waals surface area contributed by atoms with Crippen LogP contribution in [0.3, 0.4) is 0 Å². The second-order valence-electron chi connectivity index (χ2n) is 3.02. The van der Waals surface area contributed by atoms with Crippen LogP contribution < -0.4 is 5.73 Å². The summed E-state index contributed by atoms with van der Waals surface area (Å²) in [5.74, 6) is 0.132. The van der Waals surface area contributed by atoms with Gasteiger partial charge in [0, 0.05) is 15.1 Å². The van der Waals surface area contributed by atoms with Gasteiger partial charge in [0.1, 0.15) is 5.84 Å². The maximum absolute atomic E-state index is 7.30. The second-order valence-corrected chi connectivity index (χ2v) is 4.31. The highest BCUT2D eigenvalue weighted by molar-refractivity contribution is 7.19. The first-order valence-corrected chi connectivity index (χ1v) is 4.83. The lowest BCUT2D eigenvalue weighted by atomic mass is 10.1. The van der Waals surface area contributed by atoms with Crippen LogP contribution in [0, 0.1) is 12.3 Å². The summed E-state index contributed by atoms with van der Waals surface area (Å²) in [4.78, 5) is 1.29. The number of nitrogen functional groups attached to an aromatic ring is 1. The minimum Gasteiger partial charge on any atom is -0.384 e. The number of nitrogens with two attached hydrogens (primary N) is 1. The van der Waals surface area contributed by atoms with Crippen LogP contribution in [0.15, 0.2) is 24.3 Å². The molecule has 3 heteroatoms. The fraction of sp³-hybridized carbons (Fsp3) is 0.100. The van der Waals surface area contributed by atoms with E-state index in [0.29, 0.717) is 0 Å². The highest BCUT2D eigenvalue weighted by atomic mass is 32.1. The van der Waals surface area contributed by atoms with Gasteiger partial charge >= 0.3 is 0 Å². The van der Waals surface area contributed by atoms with Crippen molar-refractivity contribution in [1.29, 1.82) is 5.41 Å². The molecule has 1 heterocycles. The molecule has 1 aromatic carbocycles. The highest BCUT2D eigenvalue weighted by Gasteiger charge is 2.01. The zero-order valence-corrected chi connectivity index (χ0v) is 8.11. The van der Waals surface area contributed by atoms with Crippen LogP contribution >= 0.6 is 11.3 Å². The summed E-state index contributed by atoms with van der Waals surface area (Å²) in [5.41, 5.74) is 6.20. The van der Waals surface area contributed by atoms with Crippen LogP contribution in [0.5, 0.6) is 0 Å². The average molecular weight is 190 g/mol. The van der Waals surface area contributed by atoms with Crippen molar-refractivity contribution < 1.29 is 0 Å². The first-order chi connectivity index (χ1) is 6.16. The molecule has 2 nitrogen and oxygen atoms in total. The van der Waals surface area contributed by atoms with Crippen LogP contribution in [0.1, 0.15) is 10.4 Å². The van der Waals surface area contributed by atoms with Crippen LogP contribution in [0.25, 0.3) is 10.1 Å². The van der Waals surface area contributed by atoms with Gasteiger partial charge in [-0.15, -0.1) is 11.3 Å². The number of hydrogen-bond acceptors (Lipinski definition) is 2. The average Bonchev–Trinajstić information content (AvgIpc) is 2.42. The van der Waals surface area contributed by atoms with Gasteiger partial charge in [-0.3, -0.25) is 5.41 Å². The Bertz CT molecular complexity index is 471. The smallest absolute Gasteiger partial charge is 0.122 e. The van der Waals surface area contributed by atoms with Crippen molar-refractivity contribution in [1.82, 2.24) is 0 Å². The van der Waals surface area contributed by atoms with Crippen molar-refractivity contribution in [3.63, 3.8) is 0 Å². The second kappa shape index (κ2) is 2.85. The van der Waals surface area contributed by atoms with Crippen LogP contribution in [0.4, 0.5) is 0 Å². The zero-order valence-electron chi connectivity index (χ0n) is 7.29. The molecule has 0 aliphatic carbocycles. The molecule has 0 aliphatic rings. The van der Waals surface area contributed by atoms with Gasteiger partial charge in [0.25, 0.3) is 0 Å². The maximum Gasteiger partial charge on any atom is 0.122 e. The van der Waals surface area contributed by atoms with Crippen LogP contribution in [-0.4, -0.2) is 5.84 Å². The Balaban J connectivity index is 2.67. The lowest BCUT2D eigenvalue weighted by Crippen LogP contribution is -2.10. The van der Waals surface area contributed by atoms with Crippen molar-refractivity contribution in [3.05, 3.63) is 34.7 Å². The van der Waals surface area contributed by atoms with Crippen molar-refractivity contribution in [2.75, 3.05) is 0 Å². The van der Waals surface area contributed by atoms with E-state index in [1.807, 2.05) is 18.2 Å². The molecular weight excluding hydrogens is 180 g/mol. The predicted molar refractivity (Wildman–Crippen MR) is 57.6 cm³/mol.